The van der Waals surface area contributed by atoms with Crippen LogP contribution in [-0.2, 0) is 0 Å². The van der Waals surface area contributed by atoms with Crippen molar-refractivity contribution >= 4 is 0 Å². The minimum Gasteiger partial charge on any atom is -0.243 e. The minimum absolute atomic E-state index is 0.284. The van der Waals surface area contributed by atoms with E-state index in [-0.39, 0.29) is 5.92 Å². The van der Waals surface area contributed by atoms with Gasteiger partial charge < -0.3 is 0 Å². The second-order valence-corrected chi connectivity index (χ2v) is 3.08. The predicted octanol–water partition coefficient (Wildman–Crippen LogP) is 3.09. The lowest BCUT2D eigenvalue weighted by Gasteiger charge is -2.22. The molecule has 1 rings (SSSR count). The van der Waals surface area contributed by atoms with Gasteiger partial charge in [-0.3, -0.25) is 0 Å². The Kier molecular flexibility index (Phi) is 2.91. The van der Waals surface area contributed by atoms with Crippen molar-refractivity contribution in [3.63, 3.8) is 0 Å². The van der Waals surface area contributed by atoms with Gasteiger partial charge in [0.15, 0.2) is 0 Å². The Hall–Kier alpha value is -0.330. The summed E-state index contributed by atoms with van der Waals surface area (Å²) in [5, 5.41) is 0. The van der Waals surface area contributed by atoms with E-state index in [0.717, 1.165) is 12.8 Å². The van der Waals surface area contributed by atoms with Gasteiger partial charge in [0.25, 0.3) is 0 Å². The lowest BCUT2D eigenvalue weighted by molar-refractivity contribution is 0.222. The van der Waals surface area contributed by atoms with E-state index in [1.54, 1.807) is 0 Å². The molecule has 0 bridgehead atoms. The summed E-state index contributed by atoms with van der Waals surface area (Å²) in [4.78, 5) is 0. The average molecular weight is 142 g/mol. The molecule has 0 amide bonds. The zero-order chi connectivity index (χ0) is 7.40. The van der Waals surface area contributed by atoms with Crippen LogP contribution in [0.5, 0.6) is 0 Å². The van der Waals surface area contributed by atoms with Crippen molar-refractivity contribution in [3.8, 4) is 0 Å². The second-order valence-electron chi connectivity index (χ2n) is 3.08. The third-order valence-electron chi connectivity index (χ3n) is 2.33. The molecule has 0 saturated heterocycles. The van der Waals surface area contributed by atoms with E-state index in [1.807, 2.05) is 0 Å². The quantitative estimate of drug-likeness (QED) is 0.520. The van der Waals surface area contributed by atoms with Gasteiger partial charge in [-0.25, -0.2) is 4.39 Å². The molecule has 1 heteroatoms. The van der Waals surface area contributed by atoms with Crippen LogP contribution >= 0.6 is 0 Å². The molecule has 0 aromatic rings. The summed E-state index contributed by atoms with van der Waals surface area (Å²) < 4.78 is 12.9. The van der Waals surface area contributed by atoms with Gasteiger partial charge in [-0.15, -0.1) is 6.58 Å². The standard InChI is InChI=1S/C9H15F/c1-2-9(10)8-6-4-3-5-7-8/h2,8-9H,1,3-7H2/t9-/m1/s1. The Morgan fingerprint density at radius 3 is 2.40 bits per heavy atom. The van der Waals surface area contributed by atoms with Crippen LogP contribution in [0.1, 0.15) is 32.1 Å². The van der Waals surface area contributed by atoms with Crippen molar-refractivity contribution in [2.75, 3.05) is 0 Å². The molecule has 0 aliphatic heterocycles. The Morgan fingerprint density at radius 1 is 1.30 bits per heavy atom. The van der Waals surface area contributed by atoms with Gasteiger partial charge in [-0.05, 0) is 18.8 Å². The van der Waals surface area contributed by atoms with Crippen LogP contribution < -0.4 is 0 Å². The molecule has 1 fully saturated rings. The highest BCUT2D eigenvalue weighted by Crippen LogP contribution is 2.28. The number of hydrogen-bond donors (Lipinski definition) is 0. The van der Waals surface area contributed by atoms with E-state index in [9.17, 15) is 4.39 Å². The molecular formula is C9H15F. The SMILES string of the molecule is C=C[C@@H](F)C1CCCCC1. The van der Waals surface area contributed by atoms with Crippen molar-refractivity contribution < 1.29 is 4.39 Å². The third kappa shape index (κ3) is 1.83. The van der Waals surface area contributed by atoms with Gasteiger partial charge in [-0.2, -0.15) is 0 Å². The maximum absolute atomic E-state index is 12.9. The molecule has 10 heavy (non-hydrogen) atoms. The Morgan fingerprint density at radius 2 is 1.90 bits per heavy atom. The third-order valence-corrected chi connectivity index (χ3v) is 2.33. The lowest BCUT2D eigenvalue weighted by Crippen LogP contribution is -2.16. The fourth-order valence-corrected chi connectivity index (χ4v) is 1.65. The topological polar surface area (TPSA) is 0 Å². The van der Waals surface area contributed by atoms with Crippen molar-refractivity contribution in [1.29, 1.82) is 0 Å². The zero-order valence-electron chi connectivity index (χ0n) is 6.35. The molecule has 0 radical (unpaired) electrons. The first kappa shape index (κ1) is 7.77. The van der Waals surface area contributed by atoms with Crippen molar-refractivity contribution in [1.82, 2.24) is 0 Å². The van der Waals surface area contributed by atoms with Crippen LogP contribution in [0, 0.1) is 5.92 Å². The van der Waals surface area contributed by atoms with Gasteiger partial charge in [0.05, 0.1) is 0 Å². The van der Waals surface area contributed by atoms with E-state index in [4.69, 9.17) is 0 Å². The highest BCUT2D eigenvalue weighted by Gasteiger charge is 2.19. The molecule has 0 heterocycles. The molecule has 1 aliphatic rings. The summed E-state index contributed by atoms with van der Waals surface area (Å²) in [6.07, 6.45) is 6.52. The zero-order valence-corrected chi connectivity index (χ0v) is 6.35. The van der Waals surface area contributed by atoms with Crippen LogP contribution in [0.15, 0.2) is 12.7 Å². The minimum atomic E-state index is -0.750. The smallest absolute Gasteiger partial charge is 0.121 e. The Labute approximate surface area is 62.1 Å². The van der Waals surface area contributed by atoms with Gasteiger partial charge in [0.1, 0.15) is 6.17 Å². The van der Waals surface area contributed by atoms with Gasteiger partial charge in [0, 0.05) is 0 Å². The maximum Gasteiger partial charge on any atom is 0.121 e. The maximum atomic E-state index is 12.9. The van der Waals surface area contributed by atoms with E-state index < -0.39 is 6.17 Å². The van der Waals surface area contributed by atoms with Crippen LogP contribution in [-0.4, -0.2) is 6.17 Å². The monoisotopic (exact) mass is 142 g/mol. The van der Waals surface area contributed by atoms with E-state index >= 15 is 0 Å². The van der Waals surface area contributed by atoms with Gasteiger partial charge in [0.2, 0.25) is 0 Å². The molecule has 1 atom stereocenters. The molecule has 1 aliphatic carbocycles. The average Bonchev–Trinajstić information content (AvgIpc) is 2.05. The largest absolute Gasteiger partial charge is 0.243 e. The summed E-state index contributed by atoms with van der Waals surface area (Å²) >= 11 is 0. The van der Waals surface area contributed by atoms with Crippen molar-refractivity contribution in [3.05, 3.63) is 12.7 Å². The lowest BCUT2D eigenvalue weighted by atomic mass is 9.86. The first-order valence-electron chi connectivity index (χ1n) is 4.11. The number of allylic oxidation sites excluding steroid dienone is 1. The van der Waals surface area contributed by atoms with Crippen LogP contribution in [0.4, 0.5) is 4.39 Å². The van der Waals surface area contributed by atoms with Crippen LogP contribution in [0.25, 0.3) is 0 Å². The number of alkyl halides is 1. The molecular weight excluding hydrogens is 127 g/mol. The van der Waals surface area contributed by atoms with Gasteiger partial charge >= 0.3 is 0 Å². The van der Waals surface area contributed by atoms with Crippen LogP contribution in [0.2, 0.25) is 0 Å². The molecule has 0 aromatic heterocycles. The number of rotatable bonds is 2. The summed E-state index contributed by atoms with van der Waals surface area (Å²) in [6, 6.07) is 0. The summed E-state index contributed by atoms with van der Waals surface area (Å²) in [6.45, 7) is 3.46. The molecule has 0 unspecified atom stereocenters. The van der Waals surface area contributed by atoms with Gasteiger partial charge in [-0.1, -0.05) is 25.3 Å². The number of hydrogen-bond acceptors (Lipinski definition) is 0. The first-order chi connectivity index (χ1) is 4.84. The fraction of sp³-hybridized carbons (Fsp3) is 0.778. The van der Waals surface area contributed by atoms with Crippen molar-refractivity contribution in [2.24, 2.45) is 5.92 Å². The summed E-state index contributed by atoms with van der Waals surface area (Å²) in [5.41, 5.74) is 0. The second kappa shape index (κ2) is 3.75. The number of halogens is 1. The molecule has 0 N–H and O–H groups in total. The molecule has 1 saturated carbocycles. The molecule has 58 valence electrons. The van der Waals surface area contributed by atoms with E-state index in [1.165, 1.54) is 25.3 Å². The highest BCUT2D eigenvalue weighted by molar-refractivity contribution is 4.86. The first-order valence-corrected chi connectivity index (χ1v) is 4.11. The van der Waals surface area contributed by atoms with E-state index in [2.05, 4.69) is 6.58 Å². The van der Waals surface area contributed by atoms with Crippen LogP contribution in [0.3, 0.4) is 0 Å². The Bertz CT molecular complexity index is 103. The molecule has 0 aromatic carbocycles. The Balaban J connectivity index is 2.30. The summed E-state index contributed by atoms with van der Waals surface area (Å²) in [5.74, 6) is 0.284. The highest BCUT2D eigenvalue weighted by atomic mass is 19.1. The molecule has 0 spiro atoms. The summed E-state index contributed by atoms with van der Waals surface area (Å²) in [7, 11) is 0. The normalized spacial score (nSPS) is 24.1. The predicted molar refractivity (Wildman–Crippen MR) is 41.7 cm³/mol. The fourth-order valence-electron chi connectivity index (χ4n) is 1.65. The van der Waals surface area contributed by atoms with Crippen molar-refractivity contribution in [2.45, 2.75) is 38.3 Å². The van der Waals surface area contributed by atoms with E-state index in [0.29, 0.717) is 0 Å². The molecule has 0 nitrogen and oxygen atoms in total.